The van der Waals surface area contributed by atoms with E-state index in [0.717, 1.165) is 12.8 Å². The largest absolute Gasteiger partial charge is 0.492 e. The van der Waals surface area contributed by atoms with Crippen molar-refractivity contribution >= 4 is 10.0 Å². The summed E-state index contributed by atoms with van der Waals surface area (Å²) in [6, 6.07) is 6.44. The minimum absolute atomic E-state index is 0.0271. The molecule has 0 aliphatic carbocycles. The highest BCUT2D eigenvalue weighted by molar-refractivity contribution is 7.89. The predicted octanol–water partition coefficient (Wildman–Crippen LogP) is 0.824. The smallest absolute Gasteiger partial charge is 0.243 e. The van der Waals surface area contributed by atoms with E-state index in [1.807, 2.05) is 0 Å². The van der Waals surface area contributed by atoms with Gasteiger partial charge in [-0.15, -0.1) is 0 Å². The van der Waals surface area contributed by atoms with Crippen molar-refractivity contribution in [2.45, 2.75) is 23.8 Å². The third kappa shape index (κ3) is 3.94. The van der Waals surface area contributed by atoms with Crippen molar-refractivity contribution < 1.29 is 17.9 Å². The second-order valence-corrected chi connectivity index (χ2v) is 6.91. The number of nitrogens with zero attached hydrogens (tertiary/aromatic N) is 1. The molecule has 1 aromatic rings. The highest BCUT2D eigenvalue weighted by atomic mass is 32.2. The molecule has 0 radical (unpaired) electrons. The second kappa shape index (κ2) is 7.22. The minimum atomic E-state index is -3.47. The average molecular weight is 314 g/mol. The van der Waals surface area contributed by atoms with Crippen LogP contribution in [0, 0.1) is 0 Å². The molecule has 118 valence electrons. The van der Waals surface area contributed by atoms with E-state index in [4.69, 9.17) is 15.2 Å². The Bertz CT molecular complexity index is 545. The van der Waals surface area contributed by atoms with E-state index >= 15 is 0 Å². The number of sulfonamides is 1. The predicted molar refractivity (Wildman–Crippen MR) is 79.8 cm³/mol. The Balaban J connectivity index is 2.11. The van der Waals surface area contributed by atoms with Crippen molar-refractivity contribution in [1.29, 1.82) is 0 Å². The lowest BCUT2D eigenvalue weighted by atomic mass is 10.1. The molecule has 7 heteroatoms. The van der Waals surface area contributed by atoms with Crippen LogP contribution in [0.2, 0.25) is 0 Å². The van der Waals surface area contributed by atoms with Gasteiger partial charge in [0, 0.05) is 26.7 Å². The molecule has 0 aromatic heterocycles. The molecule has 21 heavy (non-hydrogen) atoms. The zero-order valence-corrected chi connectivity index (χ0v) is 13.0. The van der Waals surface area contributed by atoms with E-state index in [2.05, 4.69) is 0 Å². The van der Waals surface area contributed by atoms with Gasteiger partial charge in [-0.2, -0.15) is 4.31 Å². The molecule has 1 fully saturated rings. The SMILES string of the molecule is COC1CCCN(S(=O)(=O)c2ccc(OCCN)cc2)C1. The fourth-order valence-corrected chi connectivity index (χ4v) is 3.86. The maximum Gasteiger partial charge on any atom is 0.243 e. The van der Waals surface area contributed by atoms with Gasteiger partial charge in [-0.05, 0) is 37.1 Å². The molecular weight excluding hydrogens is 292 g/mol. The number of ether oxygens (including phenoxy) is 2. The monoisotopic (exact) mass is 314 g/mol. The van der Waals surface area contributed by atoms with Gasteiger partial charge in [0.15, 0.2) is 0 Å². The zero-order chi connectivity index (χ0) is 15.3. The maximum absolute atomic E-state index is 12.6. The van der Waals surface area contributed by atoms with Gasteiger partial charge in [0.2, 0.25) is 10.0 Å². The molecule has 1 aliphatic heterocycles. The van der Waals surface area contributed by atoms with Crippen molar-refractivity contribution in [3.05, 3.63) is 24.3 Å². The molecule has 1 unspecified atom stereocenters. The standard InChI is InChI=1S/C14H22N2O4S/c1-19-13-3-2-9-16(11-13)21(17,18)14-6-4-12(5-7-14)20-10-8-15/h4-7,13H,2-3,8-11,15H2,1H3. The Kier molecular flexibility index (Phi) is 5.58. The van der Waals surface area contributed by atoms with Crippen molar-refractivity contribution in [3.63, 3.8) is 0 Å². The van der Waals surface area contributed by atoms with Gasteiger partial charge in [0.25, 0.3) is 0 Å². The summed E-state index contributed by atoms with van der Waals surface area (Å²) >= 11 is 0. The summed E-state index contributed by atoms with van der Waals surface area (Å²) in [5, 5.41) is 0. The molecule has 6 nitrogen and oxygen atoms in total. The zero-order valence-electron chi connectivity index (χ0n) is 12.2. The molecule has 2 N–H and O–H groups in total. The summed E-state index contributed by atoms with van der Waals surface area (Å²) in [6.45, 7) is 1.78. The summed E-state index contributed by atoms with van der Waals surface area (Å²) in [6.07, 6.45) is 1.68. The van der Waals surface area contributed by atoms with Gasteiger partial charge in [-0.3, -0.25) is 0 Å². The number of benzene rings is 1. The lowest BCUT2D eigenvalue weighted by Crippen LogP contribution is -2.42. The van der Waals surface area contributed by atoms with Crippen LogP contribution >= 0.6 is 0 Å². The van der Waals surface area contributed by atoms with Crippen LogP contribution in [-0.4, -0.2) is 52.2 Å². The van der Waals surface area contributed by atoms with Gasteiger partial charge >= 0.3 is 0 Å². The van der Waals surface area contributed by atoms with Gasteiger partial charge in [-0.25, -0.2) is 8.42 Å². The Morgan fingerprint density at radius 2 is 2.05 bits per heavy atom. The van der Waals surface area contributed by atoms with Crippen LogP contribution in [0.4, 0.5) is 0 Å². The topological polar surface area (TPSA) is 81.9 Å². The van der Waals surface area contributed by atoms with E-state index in [1.165, 1.54) is 4.31 Å². The summed E-state index contributed by atoms with van der Waals surface area (Å²) in [5.41, 5.74) is 5.36. The maximum atomic E-state index is 12.6. The van der Waals surface area contributed by atoms with Crippen LogP contribution < -0.4 is 10.5 Å². The van der Waals surface area contributed by atoms with E-state index in [1.54, 1.807) is 31.4 Å². The number of nitrogens with two attached hydrogens (primary N) is 1. The van der Waals surface area contributed by atoms with Crippen molar-refractivity contribution in [2.75, 3.05) is 33.4 Å². The summed E-state index contributed by atoms with van der Waals surface area (Å²) in [7, 11) is -1.85. The van der Waals surface area contributed by atoms with Gasteiger partial charge in [-0.1, -0.05) is 0 Å². The van der Waals surface area contributed by atoms with Crippen LogP contribution in [0.5, 0.6) is 5.75 Å². The fourth-order valence-electron chi connectivity index (χ4n) is 2.35. The van der Waals surface area contributed by atoms with Crippen LogP contribution in [0.3, 0.4) is 0 Å². The van der Waals surface area contributed by atoms with Crippen molar-refractivity contribution in [1.82, 2.24) is 4.31 Å². The second-order valence-electron chi connectivity index (χ2n) is 4.97. The van der Waals surface area contributed by atoms with E-state index < -0.39 is 10.0 Å². The molecular formula is C14H22N2O4S. The highest BCUT2D eigenvalue weighted by Gasteiger charge is 2.30. The van der Waals surface area contributed by atoms with Gasteiger partial charge < -0.3 is 15.2 Å². The number of rotatable bonds is 6. The van der Waals surface area contributed by atoms with Crippen molar-refractivity contribution in [2.24, 2.45) is 5.73 Å². The fraction of sp³-hybridized carbons (Fsp3) is 0.571. The molecule has 1 aromatic carbocycles. The number of methoxy groups -OCH3 is 1. The first-order valence-electron chi connectivity index (χ1n) is 7.04. The van der Waals surface area contributed by atoms with E-state index in [-0.39, 0.29) is 11.0 Å². The molecule has 1 atom stereocenters. The molecule has 2 rings (SSSR count). The normalized spacial score (nSPS) is 20.4. The third-order valence-electron chi connectivity index (χ3n) is 3.52. The summed E-state index contributed by atoms with van der Waals surface area (Å²) in [5.74, 6) is 0.618. The lowest BCUT2D eigenvalue weighted by molar-refractivity contribution is 0.0572. The minimum Gasteiger partial charge on any atom is -0.492 e. The molecule has 0 saturated carbocycles. The number of hydrogen-bond donors (Lipinski definition) is 1. The molecule has 1 saturated heterocycles. The summed E-state index contributed by atoms with van der Waals surface area (Å²) in [4.78, 5) is 0.277. The number of piperidine rings is 1. The van der Waals surface area contributed by atoms with Crippen molar-refractivity contribution in [3.8, 4) is 5.75 Å². The van der Waals surface area contributed by atoms with Crippen LogP contribution in [0.1, 0.15) is 12.8 Å². The molecule has 1 heterocycles. The Hall–Kier alpha value is -1.15. The van der Waals surface area contributed by atoms with Crippen LogP contribution in [0.15, 0.2) is 29.2 Å². The van der Waals surface area contributed by atoms with Gasteiger partial charge in [0.1, 0.15) is 12.4 Å². The molecule has 1 aliphatic rings. The first-order valence-corrected chi connectivity index (χ1v) is 8.48. The quantitative estimate of drug-likeness (QED) is 0.841. The van der Waals surface area contributed by atoms with Crippen LogP contribution in [-0.2, 0) is 14.8 Å². The van der Waals surface area contributed by atoms with E-state index in [0.29, 0.717) is 32.0 Å². The third-order valence-corrected chi connectivity index (χ3v) is 5.40. The highest BCUT2D eigenvalue weighted by Crippen LogP contribution is 2.23. The average Bonchev–Trinajstić information content (AvgIpc) is 2.53. The first kappa shape index (κ1) is 16.2. The molecule has 0 spiro atoms. The first-order chi connectivity index (χ1) is 10.1. The lowest BCUT2D eigenvalue weighted by Gasteiger charge is -2.31. The molecule has 0 amide bonds. The van der Waals surface area contributed by atoms with Crippen LogP contribution in [0.25, 0.3) is 0 Å². The van der Waals surface area contributed by atoms with Gasteiger partial charge in [0.05, 0.1) is 11.0 Å². The molecule has 0 bridgehead atoms. The summed E-state index contributed by atoms with van der Waals surface area (Å²) < 4.78 is 37.3. The Morgan fingerprint density at radius 3 is 2.67 bits per heavy atom. The Labute approximate surface area is 125 Å². The van der Waals surface area contributed by atoms with E-state index in [9.17, 15) is 8.42 Å². The number of hydrogen-bond acceptors (Lipinski definition) is 5. The Morgan fingerprint density at radius 1 is 1.33 bits per heavy atom.